The first-order valence-electron chi connectivity index (χ1n) is 5.26. The van der Waals surface area contributed by atoms with Crippen LogP contribution in [0.1, 0.15) is 30.5 Å². The molecule has 0 atom stereocenters. The van der Waals surface area contributed by atoms with Crippen molar-refractivity contribution in [1.29, 1.82) is 0 Å². The summed E-state index contributed by atoms with van der Waals surface area (Å²) in [5, 5.41) is 3.22. The standard InChI is InChI=1S/C10H12FN.C2H6/c1-7-2-3-8-6-12-5-4-9(8)10(7)11;1-2/h2-3,12H,4-6H2,1H3;1-2H3. The molecule has 0 aliphatic carbocycles. The first-order valence-corrected chi connectivity index (χ1v) is 5.26. The Morgan fingerprint density at radius 2 is 2.00 bits per heavy atom. The Hall–Kier alpha value is -0.890. The fourth-order valence-electron chi connectivity index (χ4n) is 1.65. The minimum Gasteiger partial charge on any atom is -0.312 e. The second-order valence-corrected chi connectivity index (χ2v) is 3.26. The summed E-state index contributed by atoms with van der Waals surface area (Å²) < 4.78 is 13.5. The molecule has 1 nitrogen and oxygen atoms in total. The van der Waals surface area contributed by atoms with Gasteiger partial charge in [0.2, 0.25) is 0 Å². The molecule has 0 unspecified atom stereocenters. The summed E-state index contributed by atoms with van der Waals surface area (Å²) in [6.07, 6.45) is 0.822. The Kier molecular flexibility index (Phi) is 4.08. The molecule has 1 aliphatic rings. The van der Waals surface area contributed by atoms with Crippen molar-refractivity contribution in [3.8, 4) is 0 Å². The molecule has 2 rings (SSSR count). The summed E-state index contributed by atoms with van der Waals surface area (Å²) in [6.45, 7) is 7.53. The number of hydrogen-bond donors (Lipinski definition) is 1. The van der Waals surface area contributed by atoms with Gasteiger partial charge in [0, 0.05) is 6.54 Å². The summed E-state index contributed by atoms with van der Waals surface area (Å²) in [4.78, 5) is 0. The topological polar surface area (TPSA) is 12.0 Å². The second-order valence-electron chi connectivity index (χ2n) is 3.26. The van der Waals surface area contributed by atoms with Gasteiger partial charge in [0.15, 0.2) is 0 Å². The number of benzene rings is 1. The van der Waals surface area contributed by atoms with Crippen LogP contribution < -0.4 is 5.32 Å². The van der Waals surface area contributed by atoms with Crippen molar-refractivity contribution in [3.05, 3.63) is 34.6 Å². The van der Waals surface area contributed by atoms with Gasteiger partial charge in [-0.1, -0.05) is 26.0 Å². The van der Waals surface area contributed by atoms with Gasteiger partial charge < -0.3 is 5.32 Å². The molecule has 78 valence electrons. The summed E-state index contributed by atoms with van der Waals surface area (Å²) in [7, 11) is 0. The van der Waals surface area contributed by atoms with E-state index in [4.69, 9.17) is 0 Å². The maximum atomic E-state index is 13.5. The molecule has 1 aromatic carbocycles. The van der Waals surface area contributed by atoms with Crippen LogP contribution in [0.2, 0.25) is 0 Å². The van der Waals surface area contributed by atoms with E-state index in [2.05, 4.69) is 5.32 Å². The quantitative estimate of drug-likeness (QED) is 0.671. The molecule has 1 aromatic rings. The van der Waals surface area contributed by atoms with E-state index in [1.807, 2.05) is 32.9 Å². The smallest absolute Gasteiger partial charge is 0.129 e. The zero-order chi connectivity index (χ0) is 10.6. The molecule has 14 heavy (non-hydrogen) atoms. The van der Waals surface area contributed by atoms with Crippen LogP contribution in [-0.4, -0.2) is 6.54 Å². The van der Waals surface area contributed by atoms with Gasteiger partial charge in [0.25, 0.3) is 0 Å². The van der Waals surface area contributed by atoms with Crippen molar-refractivity contribution in [2.24, 2.45) is 0 Å². The molecule has 1 N–H and O–H groups in total. The highest BCUT2D eigenvalue weighted by atomic mass is 19.1. The molecule has 0 bridgehead atoms. The second kappa shape index (κ2) is 5.11. The van der Waals surface area contributed by atoms with E-state index in [1.165, 1.54) is 0 Å². The maximum Gasteiger partial charge on any atom is 0.129 e. The highest BCUT2D eigenvalue weighted by Crippen LogP contribution is 2.19. The van der Waals surface area contributed by atoms with Gasteiger partial charge >= 0.3 is 0 Å². The number of nitrogens with one attached hydrogen (secondary N) is 1. The van der Waals surface area contributed by atoms with Gasteiger partial charge in [-0.2, -0.15) is 0 Å². The monoisotopic (exact) mass is 195 g/mol. The lowest BCUT2D eigenvalue weighted by Gasteiger charge is -2.18. The molecule has 2 heteroatoms. The van der Waals surface area contributed by atoms with Crippen molar-refractivity contribution in [2.75, 3.05) is 6.54 Å². The number of aryl methyl sites for hydroxylation is 1. The van der Waals surface area contributed by atoms with Crippen LogP contribution in [0.4, 0.5) is 4.39 Å². The summed E-state index contributed by atoms with van der Waals surface area (Å²) in [5.41, 5.74) is 2.79. The fraction of sp³-hybridized carbons (Fsp3) is 0.500. The average molecular weight is 195 g/mol. The Balaban J connectivity index is 0.000000461. The third-order valence-corrected chi connectivity index (χ3v) is 2.40. The van der Waals surface area contributed by atoms with Crippen LogP contribution in [0.15, 0.2) is 12.1 Å². The first-order chi connectivity index (χ1) is 6.79. The van der Waals surface area contributed by atoms with E-state index >= 15 is 0 Å². The van der Waals surface area contributed by atoms with Gasteiger partial charge in [-0.3, -0.25) is 0 Å². The predicted molar refractivity (Wildman–Crippen MR) is 57.9 cm³/mol. The highest BCUT2D eigenvalue weighted by Gasteiger charge is 2.13. The van der Waals surface area contributed by atoms with Gasteiger partial charge in [-0.15, -0.1) is 0 Å². The van der Waals surface area contributed by atoms with E-state index in [-0.39, 0.29) is 5.82 Å². The molecular weight excluding hydrogens is 177 g/mol. The number of hydrogen-bond acceptors (Lipinski definition) is 1. The minimum atomic E-state index is -0.00556. The summed E-state index contributed by atoms with van der Waals surface area (Å²) in [6, 6.07) is 3.86. The Morgan fingerprint density at radius 3 is 2.71 bits per heavy atom. The molecule has 0 saturated carbocycles. The van der Waals surface area contributed by atoms with Crippen LogP contribution >= 0.6 is 0 Å². The zero-order valence-corrected chi connectivity index (χ0v) is 9.15. The molecular formula is C12H18FN. The molecule has 1 aliphatic heterocycles. The van der Waals surface area contributed by atoms with Crippen LogP contribution in [0.3, 0.4) is 0 Å². The molecule has 0 spiro atoms. The first kappa shape index (κ1) is 11.2. The summed E-state index contributed by atoms with van der Waals surface area (Å²) in [5.74, 6) is -0.00556. The molecule has 0 radical (unpaired) electrons. The predicted octanol–water partition coefficient (Wildman–Crippen LogP) is 2.81. The van der Waals surface area contributed by atoms with Crippen molar-refractivity contribution >= 4 is 0 Å². The minimum absolute atomic E-state index is 0.00556. The molecule has 0 amide bonds. The van der Waals surface area contributed by atoms with Crippen molar-refractivity contribution in [2.45, 2.75) is 33.7 Å². The Labute approximate surface area is 85.3 Å². The van der Waals surface area contributed by atoms with Crippen molar-refractivity contribution < 1.29 is 4.39 Å². The number of fused-ring (bicyclic) bond motifs is 1. The lowest BCUT2D eigenvalue weighted by molar-refractivity contribution is 0.563. The fourth-order valence-corrected chi connectivity index (χ4v) is 1.65. The van der Waals surface area contributed by atoms with Gasteiger partial charge in [-0.25, -0.2) is 4.39 Å². The average Bonchev–Trinajstić information content (AvgIpc) is 2.27. The van der Waals surface area contributed by atoms with E-state index in [1.54, 1.807) is 0 Å². The van der Waals surface area contributed by atoms with Crippen LogP contribution in [0, 0.1) is 12.7 Å². The van der Waals surface area contributed by atoms with E-state index in [9.17, 15) is 4.39 Å². The third kappa shape index (κ3) is 2.13. The van der Waals surface area contributed by atoms with E-state index < -0.39 is 0 Å². The van der Waals surface area contributed by atoms with Crippen LogP contribution in [0.25, 0.3) is 0 Å². The number of rotatable bonds is 0. The van der Waals surface area contributed by atoms with E-state index in [0.29, 0.717) is 0 Å². The lowest BCUT2D eigenvalue weighted by atomic mass is 9.98. The molecule has 0 fully saturated rings. The van der Waals surface area contributed by atoms with Gasteiger partial charge in [-0.05, 0) is 36.6 Å². The van der Waals surface area contributed by atoms with Crippen LogP contribution in [-0.2, 0) is 13.0 Å². The molecule has 0 aromatic heterocycles. The maximum absolute atomic E-state index is 13.5. The van der Waals surface area contributed by atoms with Crippen molar-refractivity contribution in [1.82, 2.24) is 5.32 Å². The largest absolute Gasteiger partial charge is 0.312 e. The lowest BCUT2D eigenvalue weighted by Crippen LogP contribution is -2.24. The Bertz CT molecular complexity index is 307. The van der Waals surface area contributed by atoms with E-state index in [0.717, 1.165) is 36.2 Å². The molecule has 0 saturated heterocycles. The molecule has 1 heterocycles. The van der Waals surface area contributed by atoms with Crippen LogP contribution in [0.5, 0.6) is 0 Å². The zero-order valence-electron chi connectivity index (χ0n) is 9.15. The van der Waals surface area contributed by atoms with Gasteiger partial charge in [0.05, 0.1) is 0 Å². The Morgan fingerprint density at radius 1 is 1.29 bits per heavy atom. The highest BCUT2D eigenvalue weighted by molar-refractivity contribution is 5.34. The SMILES string of the molecule is CC.Cc1ccc2c(c1F)CCNC2. The third-order valence-electron chi connectivity index (χ3n) is 2.40. The van der Waals surface area contributed by atoms with Crippen molar-refractivity contribution in [3.63, 3.8) is 0 Å². The van der Waals surface area contributed by atoms with Gasteiger partial charge in [0.1, 0.15) is 5.82 Å². The normalized spacial score (nSPS) is 14.0. The number of halogens is 1. The summed E-state index contributed by atoms with van der Waals surface area (Å²) >= 11 is 0.